The van der Waals surface area contributed by atoms with E-state index in [4.69, 9.17) is 14.2 Å². The average Bonchev–Trinajstić information content (AvgIpc) is 3.70. The van der Waals surface area contributed by atoms with Gasteiger partial charge in [-0.3, -0.25) is 14.4 Å². The normalized spacial score (nSPS) is 23.4. The van der Waals surface area contributed by atoms with Crippen molar-refractivity contribution in [1.29, 1.82) is 0 Å². The molecular formula is C43H33NO7. The first kappa shape index (κ1) is 32.0. The van der Waals surface area contributed by atoms with Gasteiger partial charge in [-0.15, -0.1) is 0 Å². The number of carbonyl (C=O) groups is 4. The van der Waals surface area contributed by atoms with Crippen LogP contribution >= 0.6 is 0 Å². The van der Waals surface area contributed by atoms with Crippen molar-refractivity contribution in [2.24, 2.45) is 11.8 Å². The lowest BCUT2D eigenvalue weighted by Gasteiger charge is -2.39. The van der Waals surface area contributed by atoms with Gasteiger partial charge in [0.05, 0.1) is 55.2 Å². The minimum absolute atomic E-state index is 0.193. The fourth-order valence-electron chi connectivity index (χ4n) is 8.78. The zero-order valence-corrected chi connectivity index (χ0v) is 28.2. The number of allylic oxidation sites excluding steroid dienone is 2. The molecule has 5 aromatic carbocycles. The SMILES string of the molecule is COC(=O)c1cccc(N2C(=O)[C@H]3[C@H](C2=O)[C@@]2(c4ccccc4)C(=O)[C@@]3(c3ccccc3)C(c3ccc(OC)cc3)=C2c2ccc(OC)cc2)c1. The monoisotopic (exact) mass is 675 g/mol. The number of Topliss-reactive ketones (excluding diaryl/α,β-unsaturated/α-hetero) is 1. The second-order valence-corrected chi connectivity index (χ2v) is 12.9. The molecular weight excluding hydrogens is 642 g/mol. The van der Waals surface area contributed by atoms with E-state index in [1.807, 2.05) is 109 Å². The third kappa shape index (κ3) is 4.26. The Morgan fingerprint density at radius 1 is 0.569 bits per heavy atom. The first-order chi connectivity index (χ1) is 24.8. The topological polar surface area (TPSA) is 99.2 Å². The predicted molar refractivity (Wildman–Crippen MR) is 191 cm³/mol. The van der Waals surface area contributed by atoms with Crippen molar-refractivity contribution < 1.29 is 33.4 Å². The van der Waals surface area contributed by atoms with Gasteiger partial charge in [0.25, 0.3) is 0 Å². The molecule has 1 aliphatic heterocycles. The second-order valence-electron chi connectivity index (χ2n) is 12.9. The van der Waals surface area contributed by atoms with E-state index in [-0.39, 0.29) is 17.0 Å². The zero-order valence-electron chi connectivity index (χ0n) is 28.2. The van der Waals surface area contributed by atoms with Crippen molar-refractivity contribution in [3.05, 3.63) is 161 Å². The van der Waals surface area contributed by atoms with Crippen molar-refractivity contribution in [1.82, 2.24) is 0 Å². The number of hydrogen-bond donors (Lipinski definition) is 0. The molecule has 2 fully saturated rings. The van der Waals surface area contributed by atoms with Crippen molar-refractivity contribution in [3.63, 3.8) is 0 Å². The van der Waals surface area contributed by atoms with Gasteiger partial charge in [0.15, 0.2) is 5.78 Å². The van der Waals surface area contributed by atoms with E-state index in [1.165, 1.54) is 13.2 Å². The molecule has 2 aliphatic carbocycles. The van der Waals surface area contributed by atoms with Gasteiger partial charge in [-0.1, -0.05) is 91.0 Å². The summed E-state index contributed by atoms with van der Waals surface area (Å²) in [7, 11) is 4.45. The fraction of sp³-hybridized carbons (Fsp3) is 0.163. The summed E-state index contributed by atoms with van der Waals surface area (Å²) in [6, 6.07) is 39.9. The molecule has 2 amide bonds. The molecule has 0 unspecified atom stereocenters. The van der Waals surface area contributed by atoms with Gasteiger partial charge in [0.2, 0.25) is 11.8 Å². The van der Waals surface area contributed by atoms with Crippen LogP contribution in [0.2, 0.25) is 0 Å². The predicted octanol–water partition coefficient (Wildman–Crippen LogP) is 6.68. The molecule has 1 heterocycles. The molecule has 8 rings (SSSR count). The smallest absolute Gasteiger partial charge is 0.337 e. The second kappa shape index (κ2) is 11.9. The molecule has 252 valence electrons. The highest BCUT2D eigenvalue weighted by Crippen LogP contribution is 2.74. The fourth-order valence-corrected chi connectivity index (χ4v) is 8.78. The molecule has 3 aliphatic rings. The minimum atomic E-state index is -1.58. The van der Waals surface area contributed by atoms with Crippen molar-refractivity contribution in [3.8, 4) is 11.5 Å². The van der Waals surface area contributed by atoms with E-state index in [9.17, 15) is 4.79 Å². The van der Waals surface area contributed by atoms with Gasteiger partial charge >= 0.3 is 5.97 Å². The quantitative estimate of drug-likeness (QED) is 0.134. The van der Waals surface area contributed by atoms with Crippen LogP contribution in [0, 0.1) is 11.8 Å². The molecule has 8 heteroatoms. The van der Waals surface area contributed by atoms with E-state index < -0.39 is 40.4 Å². The number of ether oxygens (including phenoxy) is 3. The Morgan fingerprint density at radius 3 is 1.43 bits per heavy atom. The summed E-state index contributed by atoms with van der Waals surface area (Å²) < 4.78 is 16.0. The maximum absolute atomic E-state index is 16.1. The highest BCUT2D eigenvalue weighted by Gasteiger charge is 2.82. The van der Waals surface area contributed by atoms with Crippen LogP contribution in [-0.4, -0.2) is 44.9 Å². The average molecular weight is 676 g/mol. The van der Waals surface area contributed by atoms with Crippen LogP contribution in [0.3, 0.4) is 0 Å². The van der Waals surface area contributed by atoms with Gasteiger partial charge in [0.1, 0.15) is 11.5 Å². The lowest BCUT2D eigenvalue weighted by Crippen LogP contribution is -2.45. The highest BCUT2D eigenvalue weighted by atomic mass is 16.5. The molecule has 0 N–H and O–H groups in total. The summed E-state index contributed by atoms with van der Waals surface area (Å²) >= 11 is 0. The number of amides is 2. The number of imide groups is 1. The molecule has 0 radical (unpaired) electrons. The number of nitrogens with zero attached hydrogens (tertiary/aromatic N) is 1. The van der Waals surface area contributed by atoms with Crippen molar-refractivity contribution >= 4 is 40.4 Å². The third-order valence-electron chi connectivity index (χ3n) is 10.7. The van der Waals surface area contributed by atoms with Crippen LogP contribution in [0.4, 0.5) is 5.69 Å². The molecule has 0 spiro atoms. The Hall–Kier alpha value is -6.28. The molecule has 1 saturated heterocycles. The van der Waals surface area contributed by atoms with E-state index in [1.54, 1.807) is 32.4 Å². The third-order valence-corrected chi connectivity index (χ3v) is 10.7. The van der Waals surface area contributed by atoms with Crippen LogP contribution < -0.4 is 14.4 Å². The number of fused-ring (bicyclic) bond motifs is 5. The lowest BCUT2D eigenvalue weighted by molar-refractivity contribution is -0.130. The van der Waals surface area contributed by atoms with Crippen LogP contribution in [-0.2, 0) is 30.0 Å². The van der Waals surface area contributed by atoms with E-state index in [2.05, 4.69) is 0 Å². The van der Waals surface area contributed by atoms with Crippen LogP contribution in [0.25, 0.3) is 11.1 Å². The van der Waals surface area contributed by atoms with E-state index in [0.29, 0.717) is 33.8 Å². The molecule has 0 aromatic heterocycles. The Balaban J connectivity index is 1.51. The molecule has 8 nitrogen and oxygen atoms in total. The maximum atomic E-state index is 16.1. The van der Waals surface area contributed by atoms with Crippen molar-refractivity contribution in [2.45, 2.75) is 10.8 Å². The van der Waals surface area contributed by atoms with Gasteiger partial charge in [-0.05, 0) is 75.9 Å². The number of anilines is 1. The summed E-state index contributed by atoms with van der Waals surface area (Å²) in [6.45, 7) is 0. The lowest BCUT2D eigenvalue weighted by atomic mass is 9.59. The highest BCUT2D eigenvalue weighted by molar-refractivity contribution is 6.39. The van der Waals surface area contributed by atoms with E-state index >= 15 is 14.4 Å². The van der Waals surface area contributed by atoms with E-state index in [0.717, 1.165) is 16.0 Å². The number of ketones is 1. The van der Waals surface area contributed by atoms with Crippen LogP contribution in [0.15, 0.2) is 133 Å². The molecule has 2 bridgehead atoms. The zero-order chi connectivity index (χ0) is 35.5. The first-order valence-corrected chi connectivity index (χ1v) is 16.6. The standard InChI is InChI=1S/C43H33NO7/c1-49-32-21-17-26(18-22-32)34-35(27-19-23-33(50-2)24-20-27)43(30-14-8-5-9-15-30)37-36(42(34,41(43)48)29-12-6-4-7-13-29)38(45)44(39(37)46)31-16-10-11-28(25-31)40(47)51-3/h4-25,36-37H,1-3H3/t36-,37-,42+,43+/m1/s1. The van der Waals surface area contributed by atoms with Gasteiger partial charge in [-0.25, -0.2) is 9.69 Å². The Labute approximate surface area is 294 Å². The summed E-state index contributed by atoms with van der Waals surface area (Å²) in [6.07, 6.45) is 0. The molecule has 4 atom stereocenters. The number of carbonyl (C=O) groups excluding carboxylic acids is 4. The number of esters is 1. The van der Waals surface area contributed by atoms with Gasteiger partial charge in [-0.2, -0.15) is 0 Å². The summed E-state index contributed by atoms with van der Waals surface area (Å²) in [4.78, 5) is 60.3. The van der Waals surface area contributed by atoms with Crippen molar-refractivity contribution in [2.75, 3.05) is 26.2 Å². The molecule has 51 heavy (non-hydrogen) atoms. The first-order valence-electron chi connectivity index (χ1n) is 16.6. The number of rotatable bonds is 8. The van der Waals surface area contributed by atoms with Crippen LogP contribution in [0.1, 0.15) is 32.6 Å². The number of benzene rings is 5. The molecule has 1 saturated carbocycles. The Bertz CT molecular complexity index is 2120. The summed E-state index contributed by atoms with van der Waals surface area (Å²) in [5.41, 5.74) is 1.26. The Morgan fingerprint density at radius 2 is 1.02 bits per heavy atom. The van der Waals surface area contributed by atoms with Gasteiger partial charge in [0, 0.05) is 0 Å². The summed E-state index contributed by atoms with van der Waals surface area (Å²) in [5.74, 6) is -2.81. The number of methoxy groups -OCH3 is 3. The maximum Gasteiger partial charge on any atom is 0.337 e. The Kier molecular flexibility index (Phi) is 7.49. The number of hydrogen-bond acceptors (Lipinski definition) is 7. The van der Waals surface area contributed by atoms with Gasteiger partial charge < -0.3 is 14.2 Å². The summed E-state index contributed by atoms with van der Waals surface area (Å²) in [5, 5.41) is 0. The minimum Gasteiger partial charge on any atom is -0.497 e. The van der Waals surface area contributed by atoms with Crippen LogP contribution in [0.5, 0.6) is 11.5 Å². The molecule has 5 aromatic rings. The largest absolute Gasteiger partial charge is 0.497 e.